The van der Waals surface area contributed by atoms with Gasteiger partial charge in [-0.3, -0.25) is 14.9 Å². The number of hydrogen-bond acceptors (Lipinski definition) is 5. The first kappa shape index (κ1) is 17.3. The number of nitro benzene ring substituents is 1. The van der Waals surface area contributed by atoms with Gasteiger partial charge < -0.3 is 15.1 Å². The van der Waals surface area contributed by atoms with Crippen LogP contribution in [0.1, 0.15) is 16.8 Å². The molecule has 0 spiro atoms. The number of non-ortho nitro benzene ring substituents is 1. The summed E-state index contributed by atoms with van der Waals surface area (Å²) in [4.78, 5) is 26.4. The number of halogens is 1. The van der Waals surface area contributed by atoms with Crippen LogP contribution in [-0.2, 0) is 0 Å². The molecule has 0 aliphatic carbocycles. The monoisotopic (exact) mass is 324 g/mol. The summed E-state index contributed by atoms with van der Waals surface area (Å²) in [7, 11) is 2.09. The van der Waals surface area contributed by atoms with Crippen LogP contribution in [0.5, 0.6) is 0 Å². The molecule has 1 fully saturated rings. The predicted molar refractivity (Wildman–Crippen MR) is 83.9 cm³/mol. The average molecular weight is 324 g/mol. The molecule has 1 heterocycles. The summed E-state index contributed by atoms with van der Waals surface area (Å²) >= 11 is 0. The lowest BCUT2D eigenvalue weighted by Crippen LogP contribution is -2.45. The number of carbonyl (C=O) groups excluding carboxylic acids is 1. The fourth-order valence-corrected chi connectivity index (χ4v) is 2.47. The maximum absolute atomic E-state index is 13.7. The van der Waals surface area contributed by atoms with Crippen molar-refractivity contribution in [2.45, 2.75) is 6.42 Å². The summed E-state index contributed by atoms with van der Waals surface area (Å²) in [6.07, 6.45) is 0.782. The molecule has 2 rings (SSSR count). The van der Waals surface area contributed by atoms with Crippen LogP contribution < -0.4 is 5.32 Å². The second-order valence-corrected chi connectivity index (χ2v) is 5.68. The van der Waals surface area contributed by atoms with Crippen molar-refractivity contribution in [1.82, 2.24) is 15.1 Å². The highest BCUT2D eigenvalue weighted by molar-refractivity contribution is 5.94. The van der Waals surface area contributed by atoms with E-state index in [0.29, 0.717) is 6.54 Å². The van der Waals surface area contributed by atoms with E-state index in [1.165, 1.54) is 0 Å². The van der Waals surface area contributed by atoms with Crippen LogP contribution in [0.3, 0.4) is 0 Å². The summed E-state index contributed by atoms with van der Waals surface area (Å²) in [5, 5.41) is 13.2. The molecule has 0 unspecified atom stereocenters. The molecule has 1 amide bonds. The normalized spacial score (nSPS) is 16.3. The molecule has 0 aromatic heterocycles. The lowest BCUT2D eigenvalue weighted by atomic mass is 10.2. The zero-order valence-corrected chi connectivity index (χ0v) is 13.1. The first-order valence-corrected chi connectivity index (χ1v) is 7.60. The summed E-state index contributed by atoms with van der Waals surface area (Å²) in [6.45, 7) is 5.45. The van der Waals surface area contributed by atoms with E-state index in [1.54, 1.807) is 0 Å². The molecule has 23 heavy (non-hydrogen) atoms. The Kier molecular flexibility index (Phi) is 6.00. The second kappa shape index (κ2) is 7.98. The molecule has 0 bridgehead atoms. The molecule has 0 atom stereocenters. The lowest BCUT2D eigenvalue weighted by molar-refractivity contribution is -0.385. The zero-order chi connectivity index (χ0) is 16.8. The van der Waals surface area contributed by atoms with Gasteiger partial charge >= 0.3 is 0 Å². The van der Waals surface area contributed by atoms with Crippen molar-refractivity contribution in [2.24, 2.45) is 0 Å². The molecule has 8 heteroatoms. The van der Waals surface area contributed by atoms with E-state index in [9.17, 15) is 19.3 Å². The van der Waals surface area contributed by atoms with E-state index in [4.69, 9.17) is 0 Å². The van der Waals surface area contributed by atoms with Gasteiger partial charge in [0.15, 0.2) is 0 Å². The quantitative estimate of drug-likeness (QED) is 0.482. The summed E-state index contributed by atoms with van der Waals surface area (Å²) in [6, 6.07) is 3.03. The fourth-order valence-electron chi connectivity index (χ4n) is 2.47. The number of amides is 1. The minimum Gasteiger partial charge on any atom is -0.352 e. The van der Waals surface area contributed by atoms with Gasteiger partial charge in [-0.2, -0.15) is 0 Å². The van der Waals surface area contributed by atoms with E-state index in [2.05, 4.69) is 22.2 Å². The molecule has 1 saturated heterocycles. The van der Waals surface area contributed by atoms with Crippen molar-refractivity contribution in [2.75, 3.05) is 46.3 Å². The fraction of sp³-hybridized carbons (Fsp3) is 0.533. The maximum atomic E-state index is 13.7. The third-order valence-electron chi connectivity index (χ3n) is 3.94. The number of piperazine rings is 1. The molecule has 1 aliphatic heterocycles. The van der Waals surface area contributed by atoms with Gasteiger partial charge in [0.2, 0.25) is 0 Å². The molecule has 1 aliphatic rings. The molecular weight excluding hydrogens is 303 g/mol. The summed E-state index contributed by atoms with van der Waals surface area (Å²) < 4.78 is 13.7. The van der Waals surface area contributed by atoms with Gasteiger partial charge in [0, 0.05) is 38.8 Å². The van der Waals surface area contributed by atoms with E-state index in [1.807, 2.05) is 0 Å². The van der Waals surface area contributed by atoms with E-state index >= 15 is 0 Å². The number of carbonyl (C=O) groups is 1. The number of nitrogens with zero attached hydrogens (tertiary/aromatic N) is 3. The lowest BCUT2D eigenvalue weighted by Gasteiger charge is -2.32. The molecule has 0 saturated carbocycles. The van der Waals surface area contributed by atoms with Crippen molar-refractivity contribution < 1.29 is 14.1 Å². The van der Waals surface area contributed by atoms with Gasteiger partial charge in [-0.1, -0.05) is 0 Å². The second-order valence-electron chi connectivity index (χ2n) is 5.68. The van der Waals surface area contributed by atoms with E-state index in [-0.39, 0.29) is 11.3 Å². The highest BCUT2D eigenvalue weighted by Gasteiger charge is 2.16. The minimum absolute atomic E-state index is 0.171. The molecule has 7 nitrogen and oxygen atoms in total. The van der Waals surface area contributed by atoms with Gasteiger partial charge in [0.25, 0.3) is 11.6 Å². The average Bonchev–Trinajstić information content (AvgIpc) is 2.52. The minimum atomic E-state index is -0.879. The largest absolute Gasteiger partial charge is 0.352 e. The highest BCUT2D eigenvalue weighted by atomic mass is 19.1. The number of likely N-dealkylation sites (N-methyl/N-ethyl adjacent to an activating group) is 1. The van der Waals surface area contributed by atoms with Crippen LogP contribution in [0.25, 0.3) is 0 Å². The zero-order valence-electron chi connectivity index (χ0n) is 13.1. The number of nitrogens with one attached hydrogen (secondary N) is 1. The molecule has 1 aromatic rings. The predicted octanol–water partition coefficient (Wildman–Crippen LogP) is 1.10. The number of rotatable bonds is 6. The molecule has 1 aromatic carbocycles. The highest BCUT2D eigenvalue weighted by Crippen LogP contribution is 2.16. The third kappa shape index (κ3) is 4.97. The Labute approximate surface area is 134 Å². The van der Waals surface area contributed by atoms with Crippen molar-refractivity contribution in [3.05, 3.63) is 39.7 Å². The Hall–Kier alpha value is -2.06. The molecule has 0 radical (unpaired) electrons. The van der Waals surface area contributed by atoms with Gasteiger partial charge in [-0.05, 0) is 26.1 Å². The van der Waals surface area contributed by atoms with Crippen LogP contribution in [0.15, 0.2) is 18.2 Å². The first-order valence-electron chi connectivity index (χ1n) is 7.60. The Bertz CT molecular complexity index is 574. The molecule has 1 N–H and O–H groups in total. The van der Waals surface area contributed by atoms with Crippen LogP contribution in [0.4, 0.5) is 10.1 Å². The maximum Gasteiger partial charge on any atom is 0.272 e. The Morgan fingerprint density at radius 1 is 1.35 bits per heavy atom. The summed E-state index contributed by atoms with van der Waals surface area (Å²) in [5.41, 5.74) is -0.538. The number of benzene rings is 1. The summed E-state index contributed by atoms with van der Waals surface area (Å²) in [5.74, 6) is -1.42. The SMILES string of the molecule is CN1CCN(CCCNC(=O)c2ccc([N+](=O)[O-])cc2F)CC1. The van der Waals surface area contributed by atoms with Crippen molar-refractivity contribution in [1.29, 1.82) is 0 Å². The van der Waals surface area contributed by atoms with Gasteiger partial charge in [-0.15, -0.1) is 0 Å². The van der Waals surface area contributed by atoms with Gasteiger partial charge in [0.1, 0.15) is 5.82 Å². The first-order chi connectivity index (χ1) is 11.0. The van der Waals surface area contributed by atoms with Crippen LogP contribution in [-0.4, -0.2) is 66.9 Å². The van der Waals surface area contributed by atoms with Crippen LogP contribution in [0, 0.1) is 15.9 Å². The van der Waals surface area contributed by atoms with Crippen molar-refractivity contribution in [3.63, 3.8) is 0 Å². The Morgan fingerprint density at radius 2 is 2.04 bits per heavy atom. The van der Waals surface area contributed by atoms with Crippen molar-refractivity contribution in [3.8, 4) is 0 Å². The topological polar surface area (TPSA) is 78.7 Å². The van der Waals surface area contributed by atoms with E-state index < -0.39 is 16.6 Å². The number of nitro groups is 1. The number of hydrogen-bond donors (Lipinski definition) is 1. The smallest absolute Gasteiger partial charge is 0.272 e. The van der Waals surface area contributed by atoms with Crippen molar-refractivity contribution >= 4 is 11.6 Å². The Balaban J connectivity index is 1.75. The third-order valence-corrected chi connectivity index (χ3v) is 3.94. The van der Waals surface area contributed by atoms with Crippen LogP contribution in [0.2, 0.25) is 0 Å². The van der Waals surface area contributed by atoms with Gasteiger partial charge in [0.05, 0.1) is 16.6 Å². The molecule has 126 valence electrons. The van der Waals surface area contributed by atoms with Gasteiger partial charge in [-0.25, -0.2) is 4.39 Å². The molecular formula is C15H21FN4O3. The standard InChI is InChI=1S/C15H21FN4O3/c1-18-7-9-19(10-8-18)6-2-5-17-15(21)13-4-3-12(20(22)23)11-14(13)16/h3-4,11H,2,5-10H2,1H3,(H,17,21). The van der Waals surface area contributed by atoms with Crippen LogP contribution >= 0.6 is 0 Å². The Morgan fingerprint density at radius 3 is 2.65 bits per heavy atom. The van der Waals surface area contributed by atoms with E-state index in [0.717, 1.165) is 57.3 Å².